The van der Waals surface area contributed by atoms with E-state index in [1.165, 1.54) is 0 Å². The first kappa shape index (κ1) is 12.5. The van der Waals surface area contributed by atoms with Crippen molar-refractivity contribution in [3.63, 3.8) is 0 Å². The van der Waals surface area contributed by atoms with Gasteiger partial charge in [-0.15, -0.1) is 0 Å². The van der Waals surface area contributed by atoms with Crippen LogP contribution in [0, 0.1) is 11.8 Å². The Morgan fingerprint density at radius 3 is 2.93 bits per heavy atom. The average Bonchev–Trinajstić information content (AvgIpc) is 2.28. The van der Waals surface area contributed by atoms with Crippen LogP contribution in [0.2, 0.25) is 0 Å². The minimum atomic E-state index is 0.215. The lowest BCUT2D eigenvalue weighted by molar-refractivity contribution is -0.134. The van der Waals surface area contributed by atoms with Gasteiger partial charge in [0.2, 0.25) is 5.91 Å². The van der Waals surface area contributed by atoms with Crippen molar-refractivity contribution in [3.8, 4) is 0 Å². The maximum absolute atomic E-state index is 11.9. The summed E-state index contributed by atoms with van der Waals surface area (Å²) in [5.41, 5.74) is 0. The summed E-state index contributed by atoms with van der Waals surface area (Å²) in [5.74, 6) is 1.05. The summed E-state index contributed by atoms with van der Waals surface area (Å²) in [7, 11) is 0. The van der Waals surface area contributed by atoms with Gasteiger partial charge >= 0.3 is 0 Å². The summed E-state index contributed by atoms with van der Waals surface area (Å²) in [6.45, 7) is 6.08. The van der Waals surface area contributed by atoms with Crippen molar-refractivity contribution >= 4 is 5.91 Å². The lowest BCUT2D eigenvalue weighted by atomic mass is 9.97. The zero-order valence-corrected chi connectivity index (χ0v) is 9.91. The van der Waals surface area contributed by atoms with E-state index < -0.39 is 0 Å². The zero-order chi connectivity index (χ0) is 11.3. The third-order valence-corrected chi connectivity index (χ3v) is 3.35. The third kappa shape index (κ3) is 3.82. The van der Waals surface area contributed by atoms with Crippen LogP contribution in [-0.2, 0) is 4.79 Å². The molecule has 88 valence electrons. The van der Waals surface area contributed by atoms with E-state index in [4.69, 9.17) is 5.11 Å². The fraction of sp³-hybridized carbons (Fsp3) is 0.917. The second-order valence-corrected chi connectivity index (χ2v) is 4.75. The van der Waals surface area contributed by atoms with Gasteiger partial charge in [-0.25, -0.2) is 0 Å². The average molecular weight is 213 g/mol. The van der Waals surface area contributed by atoms with Crippen molar-refractivity contribution in [1.29, 1.82) is 0 Å². The second kappa shape index (κ2) is 6.11. The van der Waals surface area contributed by atoms with Crippen molar-refractivity contribution in [2.24, 2.45) is 11.8 Å². The number of aliphatic hydroxyl groups is 1. The lowest BCUT2D eigenvalue weighted by Gasteiger charge is -2.32. The molecule has 3 heteroatoms. The molecule has 0 unspecified atom stereocenters. The van der Waals surface area contributed by atoms with E-state index in [1.807, 2.05) is 4.90 Å². The molecule has 0 aromatic carbocycles. The molecule has 1 N–H and O–H groups in total. The molecule has 3 nitrogen and oxygen atoms in total. The molecular formula is C12H23NO2. The molecule has 0 saturated carbocycles. The predicted octanol–water partition coefficient (Wildman–Crippen LogP) is 1.65. The van der Waals surface area contributed by atoms with Gasteiger partial charge in [0.05, 0.1) is 0 Å². The molecule has 1 saturated heterocycles. The SMILES string of the molecule is CC[C@H](C)CC(=O)N1CCC[C@H](CO)C1. The van der Waals surface area contributed by atoms with E-state index in [-0.39, 0.29) is 12.5 Å². The van der Waals surface area contributed by atoms with E-state index in [0.717, 1.165) is 32.4 Å². The predicted molar refractivity (Wildman–Crippen MR) is 60.5 cm³/mol. The first-order valence-electron chi connectivity index (χ1n) is 6.06. The molecule has 1 rings (SSSR count). The molecule has 0 spiro atoms. The minimum Gasteiger partial charge on any atom is -0.396 e. The molecule has 0 aromatic rings. The maximum atomic E-state index is 11.9. The van der Waals surface area contributed by atoms with E-state index in [1.54, 1.807) is 0 Å². The van der Waals surface area contributed by atoms with E-state index in [2.05, 4.69) is 13.8 Å². The van der Waals surface area contributed by atoms with Gasteiger partial charge in [-0.2, -0.15) is 0 Å². The summed E-state index contributed by atoms with van der Waals surface area (Å²) < 4.78 is 0. The van der Waals surface area contributed by atoms with Crippen LogP contribution in [0.1, 0.15) is 39.5 Å². The van der Waals surface area contributed by atoms with E-state index >= 15 is 0 Å². The third-order valence-electron chi connectivity index (χ3n) is 3.35. The van der Waals surface area contributed by atoms with Crippen molar-refractivity contribution in [3.05, 3.63) is 0 Å². The molecule has 0 aliphatic carbocycles. The number of aliphatic hydroxyl groups excluding tert-OH is 1. The van der Waals surface area contributed by atoms with E-state index in [9.17, 15) is 4.79 Å². The number of hydrogen-bond donors (Lipinski definition) is 1. The normalized spacial score (nSPS) is 23.9. The molecule has 1 heterocycles. The summed E-state index contributed by atoms with van der Waals surface area (Å²) >= 11 is 0. The maximum Gasteiger partial charge on any atom is 0.222 e. The van der Waals surface area contributed by atoms with Gasteiger partial charge < -0.3 is 10.0 Å². The van der Waals surface area contributed by atoms with Crippen LogP contribution < -0.4 is 0 Å². The molecule has 1 aliphatic heterocycles. The number of rotatable bonds is 4. The van der Waals surface area contributed by atoms with Crippen LogP contribution in [0.15, 0.2) is 0 Å². The fourth-order valence-corrected chi connectivity index (χ4v) is 2.01. The van der Waals surface area contributed by atoms with Crippen molar-refractivity contribution in [2.75, 3.05) is 19.7 Å². The number of likely N-dealkylation sites (tertiary alicyclic amines) is 1. The molecule has 0 bridgehead atoms. The summed E-state index contributed by atoms with van der Waals surface area (Å²) in [6.07, 6.45) is 3.82. The Labute approximate surface area is 92.5 Å². The van der Waals surface area contributed by atoms with Gasteiger partial charge in [0, 0.05) is 26.1 Å². The molecule has 1 amide bonds. The van der Waals surface area contributed by atoms with Crippen LogP contribution in [0.5, 0.6) is 0 Å². The zero-order valence-electron chi connectivity index (χ0n) is 9.91. The Morgan fingerprint density at radius 2 is 2.33 bits per heavy atom. The van der Waals surface area contributed by atoms with Gasteiger partial charge in [-0.05, 0) is 24.7 Å². The number of carbonyl (C=O) groups is 1. The summed E-state index contributed by atoms with van der Waals surface area (Å²) in [6, 6.07) is 0. The minimum absolute atomic E-state index is 0.215. The summed E-state index contributed by atoms with van der Waals surface area (Å²) in [4.78, 5) is 13.8. The number of carbonyl (C=O) groups excluding carboxylic acids is 1. The van der Waals surface area contributed by atoms with E-state index in [0.29, 0.717) is 18.3 Å². The highest BCUT2D eigenvalue weighted by atomic mass is 16.3. The van der Waals surface area contributed by atoms with Crippen LogP contribution in [0.3, 0.4) is 0 Å². The number of amides is 1. The molecule has 1 fully saturated rings. The first-order valence-corrected chi connectivity index (χ1v) is 6.06. The highest BCUT2D eigenvalue weighted by Crippen LogP contribution is 2.18. The number of piperidine rings is 1. The van der Waals surface area contributed by atoms with Gasteiger partial charge in [-0.3, -0.25) is 4.79 Å². The first-order chi connectivity index (χ1) is 7.17. The highest BCUT2D eigenvalue weighted by Gasteiger charge is 2.23. The molecular weight excluding hydrogens is 190 g/mol. The van der Waals surface area contributed by atoms with Gasteiger partial charge in [0.1, 0.15) is 0 Å². The topological polar surface area (TPSA) is 40.5 Å². The molecule has 2 atom stereocenters. The van der Waals surface area contributed by atoms with Crippen LogP contribution >= 0.6 is 0 Å². The van der Waals surface area contributed by atoms with Crippen LogP contribution in [0.25, 0.3) is 0 Å². The Hall–Kier alpha value is -0.570. The molecule has 0 aromatic heterocycles. The van der Waals surface area contributed by atoms with Gasteiger partial charge in [0.25, 0.3) is 0 Å². The van der Waals surface area contributed by atoms with Gasteiger partial charge in [-0.1, -0.05) is 20.3 Å². The monoisotopic (exact) mass is 213 g/mol. The van der Waals surface area contributed by atoms with Crippen LogP contribution in [-0.4, -0.2) is 35.6 Å². The Bertz CT molecular complexity index is 206. The lowest BCUT2D eigenvalue weighted by Crippen LogP contribution is -2.41. The number of nitrogens with zero attached hydrogens (tertiary/aromatic N) is 1. The summed E-state index contributed by atoms with van der Waals surface area (Å²) in [5, 5.41) is 9.08. The highest BCUT2D eigenvalue weighted by molar-refractivity contribution is 5.76. The Kier molecular flexibility index (Phi) is 5.09. The Balaban J connectivity index is 2.38. The fourth-order valence-electron chi connectivity index (χ4n) is 2.01. The Morgan fingerprint density at radius 1 is 1.60 bits per heavy atom. The smallest absolute Gasteiger partial charge is 0.222 e. The second-order valence-electron chi connectivity index (χ2n) is 4.75. The standard InChI is InChI=1S/C12H23NO2/c1-3-10(2)7-12(15)13-6-4-5-11(8-13)9-14/h10-11,14H,3-9H2,1-2H3/t10-,11-/m0/s1. The van der Waals surface area contributed by atoms with Crippen LogP contribution in [0.4, 0.5) is 0 Å². The number of hydrogen-bond acceptors (Lipinski definition) is 2. The molecule has 15 heavy (non-hydrogen) atoms. The largest absolute Gasteiger partial charge is 0.396 e. The quantitative estimate of drug-likeness (QED) is 0.771. The molecule has 0 radical (unpaired) electrons. The van der Waals surface area contributed by atoms with Crippen molar-refractivity contribution < 1.29 is 9.90 Å². The van der Waals surface area contributed by atoms with Gasteiger partial charge in [0.15, 0.2) is 0 Å². The van der Waals surface area contributed by atoms with Crippen molar-refractivity contribution in [1.82, 2.24) is 4.90 Å². The molecule has 1 aliphatic rings. The van der Waals surface area contributed by atoms with Crippen molar-refractivity contribution in [2.45, 2.75) is 39.5 Å².